The smallest absolute Gasteiger partial charge is 0.133 e. The summed E-state index contributed by atoms with van der Waals surface area (Å²) in [5.74, 6) is 0.916. The molecule has 25 heavy (non-hydrogen) atoms. The molecule has 2 saturated heterocycles. The van der Waals surface area contributed by atoms with Crippen LogP contribution in [0.5, 0.6) is 0 Å². The van der Waals surface area contributed by atoms with E-state index >= 15 is 0 Å². The highest BCUT2D eigenvalue weighted by Gasteiger charge is 2.28. The lowest BCUT2D eigenvalue weighted by Gasteiger charge is -2.37. The second kappa shape index (κ2) is 7.58. The Labute approximate surface area is 150 Å². The number of hydrogen-bond acceptors (Lipinski definition) is 5. The van der Waals surface area contributed by atoms with Crippen LogP contribution in [0.2, 0.25) is 0 Å². The number of rotatable bonds is 5. The molecule has 2 aliphatic heterocycles. The molecule has 134 valence electrons. The summed E-state index contributed by atoms with van der Waals surface area (Å²) in [6, 6.07) is 13.3. The quantitative estimate of drug-likeness (QED) is 0.836. The Bertz CT molecular complexity index is 663. The zero-order chi connectivity index (χ0) is 17.1. The van der Waals surface area contributed by atoms with Crippen molar-refractivity contribution in [1.82, 2.24) is 15.0 Å². The maximum atomic E-state index is 5.28. The van der Waals surface area contributed by atoms with Gasteiger partial charge >= 0.3 is 0 Å². The first kappa shape index (κ1) is 16.6. The molecule has 0 saturated carbocycles. The number of anilines is 1. The van der Waals surface area contributed by atoms with Crippen LogP contribution < -0.4 is 4.90 Å². The molecule has 5 nitrogen and oxygen atoms in total. The van der Waals surface area contributed by atoms with Crippen molar-refractivity contribution in [2.45, 2.75) is 25.8 Å². The highest BCUT2D eigenvalue weighted by Crippen LogP contribution is 2.31. The first-order valence-corrected chi connectivity index (χ1v) is 9.49. The van der Waals surface area contributed by atoms with E-state index in [2.05, 4.69) is 56.3 Å². The molecule has 2 aromatic rings. The summed E-state index contributed by atoms with van der Waals surface area (Å²) in [6.45, 7) is 9.97. The first-order chi connectivity index (χ1) is 12.3. The van der Waals surface area contributed by atoms with E-state index in [1.807, 2.05) is 6.92 Å². The van der Waals surface area contributed by atoms with Gasteiger partial charge in [-0.05, 0) is 38.4 Å². The van der Waals surface area contributed by atoms with E-state index < -0.39 is 0 Å². The molecule has 0 bridgehead atoms. The second-order valence-corrected chi connectivity index (χ2v) is 7.22. The summed E-state index contributed by atoms with van der Waals surface area (Å²) in [4.78, 5) is 7.68. The van der Waals surface area contributed by atoms with Crippen molar-refractivity contribution in [3.63, 3.8) is 0 Å². The molecule has 3 heterocycles. The first-order valence-electron chi connectivity index (χ1n) is 9.49. The Hall–Kier alpha value is -1.85. The van der Waals surface area contributed by atoms with Crippen molar-refractivity contribution >= 4 is 5.69 Å². The topological polar surface area (TPSA) is 35.8 Å². The molecule has 4 rings (SSSR count). The predicted octanol–water partition coefficient (Wildman–Crippen LogP) is 2.94. The second-order valence-electron chi connectivity index (χ2n) is 7.22. The van der Waals surface area contributed by atoms with Gasteiger partial charge in [0.05, 0.1) is 6.04 Å². The summed E-state index contributed by atoms with van der Waals surface area (Å²) in [5, 5.41) is 4.25. The van der Waals surface area contributed by atoms with Crippen molar-refractivity contribution in [3.05, 3.63) is 47.9 Å². The summed E-state index contributed by atoms with van der Waals surface area (Å²) in [7, 11) is 0. The van der Waals surface area contributed by atoms with E-state index in [0.29, 0.717) is 6.04 Å². The lowest BCUT2D eigenvalue weighted by molar-refractivity contribution is 0.183. The van der Waals surface area contributed by atoms with Crippen LogP contribution in [-0.4, -0.2) is 60.8 Å². The molecule has 2 fully saturated rings. The lowest BCUT2D eigenvalue weighted by atomic mass is 10.1. The lowest BCUT2D eigenvalue weighted by Crippen LogP contribution is -2.48. The Kier molecular flexibility index (Phi) is 5.04. The minimum atomic E-state index is 0.447. The summed E-state index contributed by atoms with van der Waals surface area (Å²) in [6.07, 6.45) is 2.46. The Morgan fingerprint density at radius 2 is 1.84 bits per heavy atom. The van der Waals surface area contributed by atoms with Gasteiger partial charge in [-0.2, -0.15) is 0 Å². The van der Waals surface area contributed by atoms with Crippen LogP contribution in [0, 0.1) is 6.92 Å². The van der Waals surface area contributed by atoms with E-state index in [0.717, 1.165) is 50.7 Å². The SMILES string of the molecule is Cc1cc(C2CCCN2CCN2CCN(c3ccccc3)CC2)no1. The zero-order valence-electron chi connectivity index (χ0n) is 15.1. The number of likely N-dealkylation sites (tertiary alicyclic amines) is 1. The zero-order valence-corrected chi connectivity index (χ0v) is 15.1. The van der Waals surface area contributed by atoms with Gasteiger partial charge in [-0.1, -0.05) is 23.4 Å². The third-order valence-electron chi connectivity index (χ3n) is 5.55. The summed E-state index contributed by atoms with van der Waals surface area (Å²) in [5.41, 5.74) is 2.46. The molecule has 0 aliphatic carbocycles. The van der Waals surface area contributed by atoms with Gasteiger partial charge in [-0.3, -0.25) is 9.80 Å². The standard InChI is InChI=1S/C20H28N4O/c1-17-16-19(21-25-17)20-8-5-9-24(20)15-12-22-10-13-23(14-11-22)18-6-3-2-4-7-18/h2-4,6-7,16,20H,5,8-15H2,1H3. The number of benzene rings is 1. The third-order valence-corrected chi connectivity index (χ3v) is 5.55. The fraction of sp³-hybridized carbons (Fsp3) is 0.550. The van der Waals surface area contributed by atoms with Gasteiger partial charge in [0.1, 0.15) is 11.5 Å². The van der Waals surface area contributed by atoms with Crippen LogP contribution in [-0.2, 0) is 0 Å². The van der Waals surface area contributed by atoms with Gasteiger partial charge in [0.2, 0.25) is 0 Å². The highest BCUT2D eigenvalue weighted by molar-refractivity contribution is 5.46. The summed E-state index contributed by atoms with van der Waals surface area (Å²) >= 11 is 0. The molecule has 1 aromatic carbocycles. The van der Waals surface area contributed by atoms with E-state index in [-0.39, 0.29) is 0 Å². The van der Waals surface area contributed by atoms with Crippen molar-refractivity contribution in [2.75, 3.05) is 50.7 Å². The highest BCUT2D eigenvalue weighted by atomic mass is 16.5. The van der Waals surface area contributed by atoms with Crippen molar-refractivity contribution in [2.24, 2.45) is 0 Å². The van der Waals surface area contributed by atoms with Gasteiger partial charge in [0.15, 0.2) is 0 Å². The maximum Gasteiger partial charge on any atom is 0.133 e. The minimum absolute atomic E-state index is 0.447. The average Bonchev–Trinajstić information content (AvgIpc) is 3.29. The van der Waals surface area contributed by atoms with Crippen LogP contribution in [0.1, 0.15) is 30.3 Å². The van der Waals surface area contributed by atoms with Gasteiger partial charge in [0.25, 0.3) is 0 Å². The van der Waals surface area contributed by atoms with Crippen LogP contribution in [0.3, 0.4) is 0 Å². The van der Waals surface area contributed by atoms with Crippen molar-refractivity contribution in [3.8, 4) is 0 Å². The Morgan fingerprint density at radius 1 is 1.04 bits per heavy atom. The monoisotopic (exact) mass is 340 g/mol. The molecule has 0 N–H and O–H groups in total. The van der Waals surface area contributed by atoms with E-state index in [1.165, 1.54) is 25.1 Å². The fourth-order valence-corrected chi connectivity index (χ4v) is 4.11. The van der Waals surface area contributed by atoms with E-state index in [1.54, 1.807) is 0 Å². The normalized spacial score (nSPS) is 22.6. The van der Waals surface area contributed by atoms with Crippen LogP contribution >= 0.6 is 0 Å². The van der Waals surface area contributed by atoms with Crippen molar-refractivity contribution < 1.29 is 4.52 Å². The van der Waals surface area contributed by atoms with E-state index in [4.69, 9.17) is 4.52 Å². The third kappa shape index (κ3) is 3.88. The summed E-state index contributed by atoms with van der Waals surface area (Å²) < 4.78 is 5.28. The molecular weight excluding hydrogens is 312 g/mol. The molecular formula is C20H28N4O. The van der Waals surface area contributed by atoms with Gasteiger partial charge in [-0.25, -0.2) is 0 Å². The maximum absolute atomic E-state index is 5.28. The average molecular weight is 340 g/mol. The molecule has 0 radical (unpaired) electrons. The van der Waals surface area contributed by atoms with Crippen LogP contribution in [0.15, 0.2) is 40.9 Å². The number of aromatic nitrogens is 1. The minimum Gasteiger partial charge on any atom is -0.369 e. The fourth-order valence-electron chi connectivity index (χ4n) is 4.11. The van der Waals surface area contributed by atoms with Gasteiger partial charge in [-0.15, -0.1) is 0 Å². The molecule has 0 spiro atoms. The number of piperazine rings is 1. The molecule has 1 unspecified atom stereocenters. The van der Waals surface area contributed by atoms with Crippen molar-refractivity contribution in [1.29, 1.82) is 0 Å². The van der Waals surface area contributed by atoms with Gasteiger partial charge < -0.3 is 9.42 Å². The largest absolute Gasteiger partial charge is 0.369 e. The Morgan fingerprint density at radius 3 is 2.56 bits per heavy atom. The van der Waals surface area contributed by atoms with E-state index in [9.17, 15) is 0 Å². The molecule has 2 aliphatic rings. The number of para-hydroxylation sites is 1. The van der Waals surface area contributed by atoms with Crippen LogP contribution in [0.25, 0.3) is 0 Å². The number of aryl methyl sites for hydroxylation is 1. The molecule has 5 heteroatoms. The molecule has 1 atom stereocenters. The van der Waals surface area contributed by atoms with Crippen LogP contribution in [0.4, 0.5) is 5.69 Å². The predicted molar refractivity (Wildman–Crippen MR) is 99.9 cm³/mol. The number of hydrogen-bond donors (Lipinski definition) is 0. The number of nitrogens with zero attached hydrogens (tertiary/aromatic N) is 4. The molecule has 0 amide bonds. The van der Waals surface area contributed by atoms with Gasteiger partial charge in [0, 0.05) is 51.0 Å². The molecule has 1 aromatic heterocycles. The Balaban J connectivity index is 1.26.